The van der Waals surface area contributed by atoms with Gasteiger partial charge in [-0.1, -0.05) is 27.7 Å². The molecule has 0 spiro atoms. The van der Waals surface area contributed by atoms with Crippen LogP contribution in [0, 0.1) is 0 Å². The van der Waals surface area contributed by atoms with Crippen molar-refractivity contribution in [3.8, 4) is 5.75 Å². The van der Waals surface area contributed by atoms with Gasteiger partial charge in [0.25, 0.3) is 0 Å². The molecule has 2 aromatic rings. The third-order valence-corrected chi connectivity index (χ3v) is 4.97. The van der Waals surface area contributed by atoms with Crippen LogP contribution in [0.1, 0.15) is 6.42 Å². The maximum absolute atomic E-state index is 12.1. The largest absolute Gasteiger partial charge is 0.508 e. The summed E-state index contributed by atoms with van der Waals surface area (Å²) in [5.74, 6) is -0.330. The number of aliphatic imine (C=N–C) groups is 1. The van der Waals surface area contributed by atoms with Gasteiger partial charge in [-0.15, -0.1) is 0 Å². The van der Waals surface area contributed by atoms with Crippen molar-refractivity contribution in [3.05, 3.63) is 53.0 Å². The van der Waals surface area contributed by atoms with Gasteiger partial charge in [0.1, 0.15) is 11.0 Å². The number of benzene rings is 2. The Kier molecular flexibility index (Phi) is 5.40. The summed E-state index contributed by atoms with van der Waals surface area (Å²) < 4.78 is 0.923. The molecular formula is C17H14BrN3O3S. The molecule has 1 heterocycles. The molecule has 0 radical (unpaired) electrons. The number of anilines is 1. The molecule has 6 nitrogen and oxygen atoms in total. The number of nitrogens with zero attached hydrogens (tertiary/aromatic N) is 1. The van der Waals surface area contributed by atoms with E-state index < -0.39 is 5.25 Å². The molecule has 1 fully saturated rings. The number of halogens is 1. The Hall–Kier alpha value is -2.32. The van der Waals surface area contributed by atoms with Crippen LogP contribution in [0.2, 0.25) is 0 Å². The first-order valence-electron chi connectivity index (χ1n) is 7.40. The van der Waals surface area contributed by atoms with Crippen LogP contribution in [-0.4, -0.2) is 27.3 Å². The lowest BCUT2D eigenvalue weighted by Crippen LogP contribution is -2.28. The van der Waals surface area contributed by atoms with Crippen LogP contribution in [0.15, 0.2) is 58.0 Å². The molecule has 0 aliphatic carbocycles. The van der Waals surface area contributed by atoms with Crippen LogP contribution < -0.4 is 10.6 Å². The van der Waals surface area contributed by atoms with Crippen molar-refractivity contribution in [2.24, 2.45) is 4.99 Å². The van der Waals surface area contributed by atoms with Gasteiger partial charge < -0.3 is 15.7 Å². The zero-order chi connectivity index (χ0) is 17.8. The zero-order valence-corrected chi connectivity index (χ0v) is 15.3. The minimum absolute atomic E-state index is 0.0567. The van der Waals surface area contributed by atoms with E-state index in [1.165, 1.54) is 23.9 Å². The predicted octanol–water partition coefficient (Wildman–Crippen LogP) is 3.40. The van der Waals surface area contributed by atoms with Gasteiger partial charge in [-0.2, -0.15) is 0 Å². The van der Waals surface area contributed by atoms with Gasteiger partial charge in [-0.3, -0.25) is 9.59 Å². The second-order valence-corrected chi connectivity index (χ2v) is 7.40. The standard InChI is InChI=1S/C17H14BrN3O3S/c18-10-1-3-11(4-2-10)19-15(23)9-14-16(24)21-17(25-14)20-12-5-7-13(22)8-6-12/h1-8,14,22H,9H2,(H,19,23)(H,20,21,24)/t14-/m0/s1. The molecule has 1 saturated heterocycles. The second kappa shape index (κ2) is 7.71. The van der Waals surface area contributed by atoms with E-state index in [9.17, 15) is 14.7 Å². The lowest BCUT2D eigenvalue weighted by atomic mass is 10.2. The molecule has 1 aliphatic rings. The molecule has 3 rings (SSSR count). The summed E-state index contributed by atoms with van der Waals surface area (Å²) in [7, 11) is 0. The molecule has 2 amide bonds. The van der Waals surface area contributed by atoms with E-state index >= 15 is 0 Å². The van der Waals surface area contributed by atoms with Gasteiger partial charge in [-0.25, -0.2) is 4.99 Å². The Morgan fingerprint density at radius 3 is 2.56 bits per heavy atom. The van der Waals surface area contributed by atoms with Crippen LogP contribution in [0.25, 0.3) is 0 Å². The lowest BCUT2D eigenvalue weighted by molar-refractivity contribution is -0.122. The number of rotatable bonds is 4. The zero-order valence-electron chi connectivity index (χ0n) is 12.9. The van der Waals surface area contributed by atoms with Crippen molar-refractivity contribution in [2.75, 3.05) is 5.32 Å². The maximum atomic E-state index is 12.1. The van der Waals surface area contributed by atoms with Crippen molar-refractivity contribution in [3.63, 3.8) is 0 Å². The van der Waals surface area contributed by atoms with Crippen LogP contribution in [0.4, 0.5) is 11.4 Å². The van der Waals surface area contributed by atoms with Gasteiger partial charge in [-0.05, 0) is 48.5 Å². The van der Waals surface area contributed by atoms with Gasteiger partial charge in [0, 0.05) is 16.6 Å². The summed E-state index contributed by atoms with van der Waals surface area (Å²) in [4.78, 5) is 28.4. The van der Waals surface area contributed by atoms with E-state index in [0.29, 0.717) is 16.5 Å². The molecule has 1 aliphatic heterocycles. The van der Waals surface area contributed by atoms with E-state index in [0.717, 1.165) is 4.47 Å². The van der Waals surface area contributed by atoms with Crippen LogP contribution in [-0.2, 0) is 9.59 Å². The number of thioether (sulfide) groups is 1. The SMILES string of the molecule is O=C(C[C@@H]1SC(=Nc2ccc(O)cc2)NC1=O)Nc1ccc(Br)cc1. The number of phenols is 1. The molecule has 0 aromatic heterocycles. The molecule has 0 bridgehead atoms. The van der Waals surface area contributed by atoms with E-state index in [2.05, 4.69) is 31.6 Å². The average Bonchev–Trinajstić information content (AvgIpc) is 2.91. The monoisotopic (exact) mass is 419 g/mol. The van der Waals surface area contributed by atoms with Gasteiger partial charge in [0.15, 0.2) is 5.17 Å². The number of aromatic hydroxyl groups is 1. The Labute approximate surface area is 156 Å². The van der Waals surface area contributed by atoms with Crippen molar-refractivity contribution < 1.29 is 14.7 Å². The number of hydrogen-bond donors (Lipinski definition) is 3. The third kappa shape index (κ3) is 4.83. The Balaban J connectivity index is 1.59. The van der Waals surface area contributed by atoms with E-state index in [-0.39, 0.29) is 24.0 Å². The minimum atomic E-state index is -0.522. The fraction of sp³-hybridized carbons (Fsp3) is 0.118. The van der Waals surface area contributed by atoms with Crippen LogP contribution in [0.5, 0.6) is 5.75 Å². The summed E-state index contributed by atoms with van der Waals surface area (Å²) in [6, 6.07) is 13.5. The number of carbonyl (C=O) groups excluding carboxylic acids is 2. The van der Waals surface area contributed by atoms with Crippen LogP contribution in [0.3, 0.4) is 0 Å². The van der Waals surface area contributed by atoms with Crippen molar-refractivity contribution in [1.82, 2.24) is 5.32 Å². The quantitative estimate of drug-likeness (QED) is 0.707. The summed E-state index contributed by atoms with van der Waals surface area (Å²) in [5.41, 5.74) is 1.29. The summed E-state index contributed by atoms with van der Waals surface area (Å²) in [6.45, 7) is 0. The Bertz CT molecular complexity index is 822. The van der Waals surface area contributed by atoms with Crippen molar-refractivity contribution in [1.29, 1.82) is 0 Å². The van der Waals surface area contributed by atoms with E-state index in [1.54, 1.807) is 24.3 Å². The highest BCUT2D eigenvalue weighted by molar-refractivity contribution is 9.10. The molecule has 128 valence electrons. The smallest absolute Gasteiger partial charge is 0.240 e. The first kappa shape index (κ1) is 17.5. The van der Waals surface area contributed by atoms with Crippen molar-refractivity contribution >= 4 is 56.0 Å². The highest BCUT2D eigenvalue weighted by Gasteiger charge is 2.32. The first-order valence-corrected chi connectivity index (χ1v) is 9.07. The van der Waals surface area contributed by atoms with Crippen molar-refractivity contribution in [2.45, 2.75) is 11.7 Å². The fourth-order valence-corrected chi connectivity index (χ4v) is 3.40. The molecule has 1 atom stereocenters. The number of hydrogen-bond acceptors (Lipinski definition) is 5. The third-order valence-electron chi connectivity index (χ3n) is 3.36. The number of amides is 2. The highest BCUT2D eigenvalue weighted by Crippen LogP contribution is 2.26. The normalized spacial score (nSPS) is 18.2. The highest BCUT2D eigenvalue weighted by atomic mass is 79.9. The molecular weight excluding hydrogens is 406 g/mol. The first-order chi connectivity index (χ1) is 12.0. The second-order valence-electron chi connectivity index (χ2n) is 5.29. The molecule has 2 aromatic carbocycles. The Morgan fingerprint density at radius 2 is 1.88 bits per heavy atom. The number of amidine groups is 1. The van der Waals surface area contributed by atoms with Gasteiger partial charge in [0.05, 0.1) is 5.69 Å². The molecule has 3 N–H and O–H groups in total. The molecule has 25 heavy (non-hydrogen) atoms. The molecule has 0 unspecified atom stereocenters. The fourth-order valence-electron chi connectivity index (χ4n) is 2.15. The topological polar surface area (TPSA) is 90.8 Å². The molecule has 0 saturated carbocycles. The predicted molar refractivity (Wildman–Crippen MR) is 102 cm³/mol. The maximum Gasteiger partial charge on any atom is 0.240 e. The van der Waals surface area contributed by atoms with Crippen LogP contribution >= 0.6 is 27.7 Å². The van der Waals surface area contributed by atoms with Gasteiger partial charge >= 0.3 is 0 Å². The summed E-state index contributed by atoms with van der Waals surface area (Å²) in [6.07, 6.45) is 0.0567. The van der Waals surface area contributed by atoms with Gasteiger partial charge in [0.2, 0.25) is 11.8 Å². The summed E-state index contributed by atoms with van der Waals surface area (Å²) in [5, 5.41) is 14.6. The van der Waals surface area contributed by atoms with E-state index in [4.69, 9.17) is 0 Å². The number of nitrogens with one attached hydrogen (secondary N) is 2. The average molecular weight is 420 g/mol. The lowest BCUT2D eigenvalue weighted by Gasteiger charge is -2.07. The number of phenolic OH excluding ortho intramolecular Hbond substituents is 1. The molecule has 8 heteroatoms. The minimum Gasteiger partial charge on any atom is -0.508 e. The Morgan fingerprint density at radius 1 is 1.20 bits per heavy atom. The number of carbonyl (C=O) groups is 2. The summed E-state index contributed by atoms with van der Waals surface area (Å²) >= 11 is 4.55. The van der Waals surface area contributed by atoms with E-state index in [1.807, 2.05) is 12.1 Å².